The third-order valence-electron chi connectivity index (χ3n) is 1.21. The van der Waals surface area contributed by atoms with Crippen LogP contribution in [0.15, 0.2) is 0 Å². The minimum absolute atomic E-state index is 0.00606. The van der Waals surface area contributed by atoms with Gasteiger partial charge in [0.1, 0.15) is 0 Å². The van der Waals surface area contributed by atoms with Gasteiger partial charge in [-0.25, -0.2) is 9.59 Å². The van der Waals surface area contributed by atoms with Gasteiger partial charge in [0.05, 0.1) is 0 Å². The maximum Gasteiger partial charge on any atom is 0.316 e. The van der Waals surface area contributed by atoms with E-state index >= 15 is 0 Å². The molecule has 84 valence electrons. The standard InChI is InChI=1S/C7H16N2O.CH4N2O/c1-4-5-6-8-7(10)9(2)3;2-1(3)4/h4-6H2,1-3H3,(H,8,10);(H4,2,3,4). The zero-order chi connectivity index (χ0) is 11.6. The first-order chi connectivity index (χ1) is 6.41. The van der Waals surface area contributed by atoms with Gasteiger partial charge in [-0.1, -0.05) is 13.3 Å². The highest BCUT2D eigenvalue weighted by Gasteiger charge is 1.98. The molecule has 5 N–H and O–H groups in total. The number of carbonyl (C=O) groups excluding carboxylic acids is 2. The molecule has 0 aromatic rings. The van der Waals surface area contributed by atoms with E-state index in [0.29, 0.717) is 0 Å². The second kappa shape index (κ2) is 9.63. The van der Waals surface area contributed by atoms with Crippen molar-refractivity contribution in [2.24, 2.45) is 11.5 Å². The van der Waals surface area contributed by atoms with Gasteiger partial charge in [0.25, 0.3) is 0 Å². The van der Waals surface area contributed by atoms with Crippen LogP contribution < -0.4 is 16.8 Å². The predicted molar refractivity (Wildman–Crippen MR) is 55.8 cm³/mol. The van der Waals surface area contributed by atoms with Crippen molar-refractivity contribution < 1.29 is 9.59 Å². The van der Waals surface area contributed by atoms with Crippen molar-refractivity contribution in [3.63, 3.8) is 0 Å². The van der Waals surface area contributed by atoms with Gasteiger partial charge < -0.3 is 21.7 Å². The molecule has 0 unspecified atom stereocenters. The van der Waals surface area contributed by atoms with Crippen LogP contribution in [-0.2, 0) is 0 Å². The van der Waals surface area contributed by atoms with Crippen molar-refractivity contribution in [2.45, 2.75) is 19.8 Å². The Bertz CT molecular complexity index is 167. The van der Waals surface area contributed by atoms with Crippen molar-refractivity contribution in [1.29, 1.82) is 0 Å². The molecule has 0 radical (unpaired) electrons. The number of rotatable bonds is 3. The zero-order valence-electron chi connectivity index (χ0n) is 9.04. The molecule has 0 aliphatic rings. The number of urea groups is 2. The highest BCUT2D eigenvalue weighted by molar-refractivity contribution is 5.73. The molecule has 0 rings (SSSR count). The van der Waals surface area contributed by atoms with E-state index in [1.54, 1.807) is 14.1 Å². The zero-order valence-corrected chi connectivity index (χ0v) is 9.04. The second-order valence-electron chi connectivity index (χ2n) is 2.88. The van der Waals surface area contributed by atoms with Gasteiger partial charge in [0, 0.05) is 20.6 Å². The lowest BCUT2D eigenvalue weighted by Crippen LogP contribution is -2.34. The molecular formula is C8H20N4O2. The average Bonchev–Trinajstić information content (AvgIpc) is 2.03. The molecule has 6 nitrogen and oxygen atoms in total. The number of hydrogen-bond acceptors (Lipinski definition) is 2. The van der Waals surface area contributed by atoms with E-state index < -0.39 is 6.03 Å². The van der Waals surface area contributed by atoms with Crippen molar-refractivity contribution in [1.82, 2.24) is 10.2 Å². The number of carbonyl (C=O) groups is 2. The van der Waals surface area contributed by atoms with Crippen LogP contribution >= 0.6 is 0 Å². The molecule has 6 heteroatoms. The quantitative estimate of drug-likeness (QED) is 0.567. The van der Waals surface area contributed by atoms with E-state index in [1.807, 2.05) is 0 Å². The largest absolute Gasteiger partial charge is 0.352 e. The van der Waals surface area contributed by atoms with Gasteiger partial charge in [-0.3, -0.25) is 0 Å². The van der Waals surface area contributed by atoms with E-state index in [0.717, 1.165) is 19.4 Å². The number of nitrogens with one attached hydrogen (secondary N) is 1. The molecule has 0 aliphatic heterocycles. The maximum absolute atomic E-state index is 10.8. The Kier molecular flexibility index (Phi) is 10.3. The summed E-state index contributed by atoms with van der Waals surface area (Å²) in [5.41, 5.74) is 8.50. The van der Waals surface area contributed by atoms with Crippen molar-refractivity contribution >= 4 is 12.1 Å². The van der Waals surface area contributed by atoms with Gasteiger partial charge in [0.2, 0.25) is 0 Å². The Morgan fingerprint density at radius 3 is 2.00 bits per heavy atom. The van der Waals surface area contributed by atoms with Crippen LogP contribution in [0.4, 0.5) is 9.59 Å². The Hall–Kier alpha value is -1.46. The summed E-state index contributed by atoms with van der Waals surface area (Å²) in [5, 5.41) is 2.77. The first-order valence-corrected chi connectivity index (χ1v) is 4.41. The topological polar surface area (TPSA) is 101 Å². The number of unbranched alkanes of at least 4 members (excludes halogenated alkanes) is 1. The molecule has 0 saturated heterocycles. The molecule has 4 amide bonds. The minimum atomic E-state index is -0.833. The molecule has 0 saturated carbocycles. The van der Waals surface area contributed by atoms with Crippen LogP contribution in [0.3, 0.4) is 0 Å². The summed E-state index contributed by atoms with van der Waals surface area (Å²) in [5.74, 6) is 0. The normalized spacial score (nSPS) is 8.21. The summed E-state index contributed by atoms with van der Waals surface area (Å²) < 4.78 is 0. The first-order valence-electron chi connectivity index (χ1n) is 4.41. The molecule has 0 aromatic carbocycles. The Balaban J connectivity index is 0. The lowest BCUT2D eigenvalue weighted by atomic mass is 10.3. The lowest BCUT2D eigenvalue weighted by Gasteiger charge is -2.10. The fourth-order valence-corrected chi connectivity index (χ4v) is 0.530. The monoisotopic (exact) mass is 204 g/mol. The molecular weight excluding hydrogens is 184 g/mol. The number of primary amides is 2. The first kappa shape index (κ1) is 15.0. The summed E-state index contributed by atoms with van der Waals surface area (Å²) in [6, 6.07) is -0.839. The van der Waals surface area contributed by atoms with Gasteiger partial charge in [0.15, 0.2) is 0 Å². The lowest BCUT2D eigenvalue weighted by molar-refractivity contribution is 0.217. The third kappa shape index (κ3) is 16.9. The molecule has 14 heavy (non-hydrogen) atoms. The fourth-order valence-electron chi connectivity index (χ4n) is 0.530. The smallest absolute Gasteiger partial charge is 0.316 e. The third-order valence-corrected chi connectivity index (χ3v) is 1.21. The van der Waals surface area contributed by atoms with Crippen LogP contribution in [0.2, 0.25) is 0 Å². The maximum atomic E-state index is 10.8. The van der Waals surface area contributed by atoms with Crippen LogP contribution in [0.5, 0.6) is 0 Å². The second-order valence-corrected chi connectivity index (χ2v) is 2.88. The SMILES string of the molecule is CCCCNC(=O)N(C)C.NC(N)=O. The van der Waals surface area contributed by atoms with Crippen LogP contribution in [0, 0.1) is 0 Å². The van der Waals surface area contributed by atoms with E-state index in [2.05, 4.69) is 23.7 Å². The summed E-state index contributed by atoms with van der Waals surface area (Å²) in [4.78, 5) is 21.4. The van der Waals surface area contributed by atoms with Crippen LogP contribution in [0.1, 0.15) is 19.8 Å². The summed E-state index contributed by atoms with van der Waals surface area (Å²) in [6.07, 6.45) is 2.17. The predicted octanol–water partition coefficient (Wildman–Crippen LogP) is 0.0815. The average molecular weight is 204 g/mol. The Morgan fingerprint density at radius 2 is 1.71 bits per heavy atom. The van der Waals surface area contributed by atoms with Gasteiger partial charge in [-0.05, 0) is 6.42 Å². The van der Waals surface area contributed by atoms with Gasteiger partial charge in [-0.15, -0.1) is 0 Å². The Labute approximate surface area is 84.6 Å². The molecule has 0 bridgehead atoms. The van der Waals surface area contributed by atoms with Crippen molar-refractivity contribution in [2.75, 3.05) is 20.6 Å². The number of hydrogen-bond donors (Lipinski definition) is 3. The highest BCUT2D eigenvalue weighted by atomic mass is 16.2. The van der Waals surface area contributed by atoms with Gasteiger partial charge in [-0.2, -0.15) is 0 Å². The molecule has 0 aromatic heterocycles. The van der Waals surface area contributed by atoms with E-state index in [1.165, 1.54) is 4.90 Å². The Morgan fingerprint density at radius 1 is 1.29 bits per heavy atom. The highest BCUT2D eigenvalue weighted by Crippen LogP contribution is 1.83. The summed E-state index contributed by atoms with van der Waals surface area (Å²) >= 11 is 0. The molecule has 0 atom stereocenters. The minimum Gasteiger partial charge on any atom is -0.352 e. The van der Waals surface area contributed by atoms with Crippen LogP contribution in [0.25, 0.3) is 0 Å². The fraction of sp³-hybridized carbons (Fsp3) is 0.750. The van der Waals surface area contributed by atoms with Gasteiger partial charge >= 0.3 is 12.1 Å². The molecule has 0 aliphatic carbocycles. The van der Waals surface area contributed by atoms with Crippen molar-refractivity contribution in [3.05, 3.63) is 0 Å². The number of nitrogens with zero attached hydrogens (tertiary/aromatic N) is 1. The van der Waals surface area contributed by atoms with E-state index in [-0.39, 0.29) is 6.03 Å². The molecule has 0 fully saturated rings. The van der Waals surface area contributed by atoms with Crippen molar-refractivity contribution in [3.8, 4) is 0 Å². The summed E-state index contributed by atoms with van der Waals surface area (Å²) in [6.45, 7) is 2.88. The van der Waals surface area contributed by atoms with Crippen LogP contribution in [-0.4, -0.2) is 37.6 Å². The number of amides is 4. The summed E-state index contributed by atoms with van der Waals surface area (Å²) in [7, 11) is 3.47. The molecule has 0 heterocycles. The van der Waals surface area contributed by atoms with E-state index in [4.69, 9.17) is 4.79 Å². The number of nitrogens with two attached hydrogens (primary N) is 2. The molecule has 0 spiro atoms. The van der Waals surface area contributed by atoms with E-state index in [9.17, 15) is 4.79 Å².